The number of nitrogens with one attached hydrogen (secondary N) is 1. The Morgan fingerprint density at radius 3 is 2.60 bits per heavy atom. The number of hydrogen-bond donors (Lipinski definition) is 1. The van der Waals surface area contributed by atoms with Crippen molar-refractivity contribution in [3.63, 3.8) is 0 Å². The monoisotopic (exact) mass is 443 g/mol. The van der Waals surface area contributed by atoms with Crippen molar-refractivity contribution in [2.45, 2.75) is 20.4 Å². The highest BCUT2D eigenvalue weighted by molar-refractivity contribution is 9.10. The number of carbonyl (C=O) groups excluding carboxylic acids is 1. The molecule has 0 radical (unpaired) electrons. The Labute approximate surface area is 162 Å². The number of rotatable bonds is 6. The van der Waals surface area contributed by atoms with Crippen LogP contribution in [0.2, 0.25) is 5.02 Å². The molecule has 0 aromatic heterocycles. The van der Waals surface area contributed by atoms with Crippen molar-refractivity contribution in [3.05, 3.63) is 62.6 Å². The van der Waals surface area contributed by atoms with E-state index in [1.54, 1.807) is 18.2 Å². The van der Waals surface area contributed by atoms with Crippen LogP contribution in [-0.2, 0) is 22.6 Å². The lowest BCUT2D eigenvalue weighted by Gasteiger charge is -2.24. The van der Waals surface area contributed by atoms with Gasteiger partial charge in [-0.05, 0) is 60.9 Å². The number of amides is 1. The maximum Gasteiger partial charge on any atom is 0.239 e. The average Bonchev–Trinajstić information content (AvgIpc) is 2.53. The molecule has 2 aromatic carbocycles. The minimum atomic E-state index is -2.53. The quantitative estimate of drug-likeness (QED) is 0.686. The number of anilines is 1. The van der Waals surface area contributed by atoms with Crippen molar-refractivity contribution in [1.82, 2.24) is 4.31 Å². The normalized spacial score (nSPS) is 12.2. The summed E-state index contributed by atoms with van der Waals surface area (Å²) in [5.74, 6) is -0.411. The van der Waals surface area contributed by atoms with Gasteiger partial charge in [-0.1, -0.05) is 33.6 Å². The van der Waals surface area contributed by atoms with Gasteiger partial charge in [0.2, 0.25) is 5.91 Å². The van der Waals surface area contributed by atoms with Crippen LogP contribution in [0.4, 0.5) is 5.69 Å². The van der Waals surface area contributed by atoms with Crippen molar-refractivity contribution in [2.75, 3.05) is 11.9 Å². The summed E-state index contributed by atoms with van der Waals surface area (Å²) in [7, 11) is 0. The summed E-state index contributed by atoms with van der Waals surface area (Å²) < 4.78 is 25.0. The Kier molecular flexibility index (Phi) is 7.15. The van der Waals surface area contributed by atoms with Gasteiger partial charge in [-0.2, -0.15) is 0 Å². The van der Waals surface area contributed by atoms with Gasteiger partial charge in [0.15, 0.2) is 0 Å². The second-order valence-electron chi connectivity index (χ2n) is 5.60. The predicted octanol–water partition coefficient (Wildman–Crippen LogP) is 3.95. The lowest BCUT2D eigenvalue weighted by atomic mass is 10.1. The Morgan fingerprint density at radius 2 is 1.96 bits per heavy atom. The zero-order valence-corrected chi connectivity index (χ0v) is 16.9. The molecule has 0 heterocycles. The zero-order valence-electron chi connectivity index (χ0n) is 13.7. The maximum absolute atomic E-state index is 12.2. The van der Waals surface area contributed by atoms with Gasteiger partial charge in [0.05, 0.1) is 6.54 Å². The lowest BCUT2D eigenvalue weighted by molar-refractivity contribution is -0.116. The summed E-state index contributed by atoms with van der Waals surface area (Å²) >= 11 is 6.82. The third kappa shape index (κ3) is 5.90. The summed E-state index contributed by atoms with van der Waals surface area (Å²) in [6, 6.07) is 10.6. The fourth-order valence-corrected chi connectivity index (χ4v) is 3.15. The molecule has 0 spiro atoms. The number of hydrogen-bond acceptors (Lipinski definition) is 3. The highest BCUT2D eigenvalue weighted by Crippen LogP contribution is 2.20. The molecule has 0 saturated heterocycles. The summed E-state index contributed by atoms with van der Waals surface area (Å²) in [6.45, 7) is 3.56. The largest absolute Gasteiger partial charge is 0.760 e. The molecule has 1 amide bonds. The fraction of sp³-hybridized carbons (Fsp3) is 0.235. The number of aryl methyl sites for hydroxylation is 2. The molecule has 0 aliphatic heterocycles. The van der Waals surface area contributed by atoms with Gasteiger partial charge < -0.3 is 9.87 Å². The number of carbonyl (C=O) groups is 1. The Morgan fingerprint density at radius 1 is 1.24 bits per heavy atom. The molecule has 0 fully saturated rings. The van der Waals surface area contributed by atoms with Crippen LogP contribution in [-0.4, -0.2) is 25.5 Å². The van der Waals surface area contributed by atoms with Crippen LogP contribution in [0.3, 0.4) is 0 Å². The highest BCUT2D eigenvalue weighted by Gasteiger charge is 2.14. The molecular weight excluding hydrogens is 428 g/mol. The van der Waals surface area contributed by atoms with Gasteiger partial charge >= 0.3 is 0 Å². The second kappa shape index (κ2) is 8.91. The summed E-state index contributed by atoms with van der Waals surface area (Å²) in [5, 5.41) is 3.23. The Hall–Kier alpha value is -1.25. The van der Waals surface area contributed by atoms with E-state index in [1.807, 2.05) is 32.0 Å². The average molecular weight is 445 g/mol. The highest BCUT2D eigenvalue weighted by atomic mass is 79.9. The summed E-state index contributed by atoms with van der Waals surface area (Å²) in [6.07, 6.45) is 0. The molecule has 1 N–H and O–H groups in total. The van der Waals surface area contributed by atoms with Crippen LogP contribution in [0.15, 0.2) is 40.9 Å². The molecule has 2 rings (SSSR count). The van der Waals surface area contributed by atoms with Crippen molar-refractivity contribution >= 4 is 50.4 Å². The van der Waals surface area contributed by atoms with Gasteiger partial charge in [-0.3, -0.25) is 9.00 Å². The summed E-state index contributed by atoms with van der Waals surface area (Å²) in [5.41, 5.74) is 3.24. The smallest absolute Gasteiger partial charge is 0.239 e. The van der Waals surface area contributed by atoms with E-state index in [9.17, 15) is 13.6 Å². The summed E-state index contributed by atoms with van der Waals surface area (Å²) in [4.78, 5) is 12.2. The van der Waals surface area contributed by atoms with E-state index in [2.05, 4.69) is 21.2 Å². The molecular formula is C17H17BrClN2O3S-. The molecule has 5 nitrogen and oxygen atoms in total. The molecule has 0 saturated carbocycles. The third-order valence-electron chi connectivity index (χ3n) is 3.63. The van der Waals surface area contributed by atoms with Gasteiger partial charge in [-0.15, -0.1) is 0 Å². The van der Waals surface area contributed by atoms with Gasteiger partial charge in [0.25, 0.3) is 0 Å². The van der Waals surface area contributed by atoms with Crippen LogP contribution in [0, 0.1) is 13.8 Å². The van der Waals surface area contributed by atoms with Crippen molar-refractivity contribution in [3.8, 4) is 0 Å². The van der Waals surface area contributed by atoms with Crippen LogP contribution in [0.5, 0.6) is 0 Å². The molecule has 0 aliphatic carbocycles. The molecule has 2 aromatic rings. The van der Waals surface area contributed by atoms with E-state index in [-0.39, 0.29) is 13.1 Å². The van der Waals surface area contributed by atoms with Gasteiger partial charge in [-0.25, -0.2) is 4.31 Å². The first kappa shape index (κ1) is 20.1. The van der Waals surface area contributed by atoms with E-state index < -0.39 is 17.2 Å². The maximum atomic E-state index is 12.2. The molecule has 25 heavy (non-hydrogen) atoms. The van der Waals surface area contributed by atoms with Crippen LogP contribution in [0.1, 0.15) is 16.7 Å². The SMILES string of the molecule is Cc1cc(NC(=O)CN(Cc2cc(Cl)ccc2C)S(=O)[O-])ccc1Br. The topological polar surface area (TPSA) is 72.5 Å². The number of halogens is 2. The third-order valence-corrected chi connectivity index (χ3v) is 5.44. The number of benzene rings is 2. The van der Waals surface area contributed by atoms with Crippen molar-refractivity contribution < 1.29 is 13.6 Å². The van der Waals surface area contributed by atoms with E-state index in [0.717, 1.165) is 25.5 Å². The minimum Gasteiger partial charge on any atom is -0.760 e. The van der Waals surface area contributed by atoms with E-state index in [1.165, 1.54) is 0 Å². The first-order valence-corrected chi connectivity index (χ1v) is 9.62. The van der Waals surface area contributed by atoms with E-state index in [0.29, 0.717) is 10.7 Å². The van der Waals surface area contributed by atoms with Crippen LogP contribution >= 0.6 is 27.5 Å². The Balaban J connectivity index is 2.07. The minimum absolute atomic E-state index is 0.0787. The van der Waals surface area contributed by atoms with Gasteiger partial charge in [0.1, 0.15) is 0 Å². The molecule has 0 bridgehead atoms. The molecule has 1 unspecified atom stereocenters. The lowest BCUT2D eigenvalue weighted by Crippen LogP contribution is -2.34. The predicted molar refractivity (Wildman–Crippen MR) is 103 cm³/mol. The second-order valence-corrected chi connectivity index (χ2v) is 7.84. The molecule has 1 atom stereocenters. The van der Waals surface area contributed by atoms with Crippen molar-refractivity contribution in [1.29, 1.82) is 0 Å². The van der Waals surface area contributed by atoms with Gasteiger partial charge in [0, 0.05) is 33.0 Å². The van der Waals surface area contributed by atoms with Crippen molar-refractivity contribution in [2.24, 2.45) is 0 Å². The number of nitrogens with zero attached hydrogens (tertiary/aromatic N) is 1. The van der Waals surface area contributed by atoms with E-state index >= 15 is 0 Å². The zero-order chi connectivity index (χ0) is 18.6. The first-order chi connectivity index (χ1) is 11.8. The van der Waals surface area contributed by atoms with E-state index in [4.69, 9.17) is 11.6 Å². The van der Waals surface area contributed by atoms with Crippen LogP contribution < -0.4 is 5.32 Å². The Bertz CT molecular complexity index is 816. The standard InChI is InChI=1S/C17H18BrClN2O3S/c1-11-3-4-14(19)8-13(11)9-21(25(23)24)10-17(22)20-15-5-6-16(18)12(2)7-15/h3-8H,9-10H2,1-2H3,(H,20,22)(H,23,24)/p-1. The molecule has 134 valence electrons. The fourth-order valence-electron chi connectivity index (χ4n) is 2.24. The van der Waals surface area contributed by atoms with Crippen LogP contribution in [0.25, 0.3) is 0 Å². The molecule has 0 aliphatic rings. The first-order valence-electron chi connectivity index (χ1n) is 7.41. The molecule has 8 heteroatoms.